The molecule has 0 aromatic heterocycles. The smallest absolute Gasteiger partial charge is 0.305 e. The Morgan fingerprint density at radius 2 is 2.10 bits per heavy atom. The summed E-state index contributed by atoms with van der Waals surface area (Å²) in [5.74, 6) is -2.11. The Morgan fingerprint density at radius 1 is 1.45 bits per heavy atom. The highest BCUT2D eigenvalue weighted by Gasteiger charge is 2.38. The van der Waals surface area contributed by atoms with Crippen molar-refractivity contribution >= 4 is 25.8 Å². The van der Waals surface area contributed by atoms with Gasteiger partial charge in [0, 0.05) is 26.3 Å². The molecule has 0 spiro atoms. The Hall–Kier alpha value is -0.710. The fraction of sp³-hybridized carbons (Fsp3) is 0.900. The molecular formula is C10H19NO7S2. The van der Waals surface area contributed by atoms with E-state index in [9.17, 15) is 21.6 Å². The first-order chi connectivity index (χ1) is 9.18. The van der Waals surface area contributed by atoms with E-state index in [0.29, 0.717) is 0 Å². The molecule has 20 heavy (non-hydrogen) atoms. The zero-order valence-electron chi connectivity index (χ0n) is 11.2. The first kappa shape index (κ1) is 17.3. The molecule has 8 nitrogen and oxygen atoms in total. The fourth-order valence-corrected chi connectivity index (χ4v) is 5.53. The molecule has 0 amide bonds. The standard InChI is InChI=1S/C10H19NO7S2/c1-18-4-2-5-20(16,17)11-3-6-19(14,15)8-9(11)7-10(12)13/h9H,2-8H2,1H3,(H,12,13). The van der Waals surface area contributed by atoms with E-state index in [1.807, 2.05) is 0 Å². The molecule has 1 atom stereocenters. The highest BCUT2D eigenvalue weighted by Crippen LogP contribution is 2.19. The van der Waals surface area contributed by atoms with Crippen LogP contribution in [-0.4, -0.2) is 75.8 Å². The lowest BCUT2D eigenvalue weighted by molar-refractivity contribution is -0.137. The predicted molar refractivity (Wildman–Crippen MR) is 71.7 cm³/mol. The summed E-state index contributed by atoms with van der Waals surface area (Å²) in [6, 6.07) is -1.03. The van der Waals surface area contributed by atoms with Crippen LogP contribution in [0.4, 0.5) is 0 Å². The first-order valence-corrected chi connectivity index (χ1v) is 9.51. The van der Waals surface area contributed by atoms with E-state index in [1.165, 1.54) is 7.11 Å². The summed E-state index contributed by atoms with van der Waals surface area (Å²) in [5.41, 5.74) is 0. The molecule has 0 aromatic carbocycles. The molecule has 1 heterocycles. The van der Waals surface area contributed by atoms with Gasteiger partial charge in [-0.3, -0.25) is 4.79 Å². The van der Waals surface area contributed by atoms with Crippen LogP contribution in [0.3, 0.4) is 0 Å². The Morgan fingerprint density at radius 3 is 2.65 bits per heavy atom. The fourth-order valence-electron chi connectivity index (χ4n) is 2.10. The highest BCUT2D eigenvalue weighted by atomic mass is 32.2. The van der Waals surface area contributed by atoms with Crippen LogP contribution in [0.5, 0.6) is 0 Å². The molecule has 1 N–H and O–H groups in total. The van der Waals surface area contributed by atoms with Crippen molar-refractivity contribution in [3.63, 3.8) is 0 Å². The van der Waals surface area contributed by atoms with Gasteiger partial charge in [0.25, 0.3) is 0 Å². The molecule has 118 valence electrons. The minimum atomic E-state index is -3.68. The number of aliphatic carboxylic acids is 1. The second-order valence-corrected chi connectivity index (χ2v) is 8.91. The molecule has 1 aliphatic heterocycles. The van der Waals surface area contributed by atoms with E-state index in [0.717, 1.165) is 4.31 Å². The van der Waals surface area contributed by atoms with Crippen molar-refractivity contribution in [3.8, 4) is 0 Å². The Balaban J connectivity index is 2.86. The summed E-state index contributed by atoms with van der Waals surface area (Å²) in [7, 11) is -5.61. The summed E-state index contributed by atoms with van der Waals surface area (Å²) >= 11 is 0. The van der Waals surface area contributed by atoms with E-state index < -0.39 is 44.0 Å². The molecule has 0 radical (unpaired) electrons. The van der Waals surface area contributed by atoms with Gasteiger partial charge in [-0.25, -0.2) is 16.8 Å². The molecule has 1 saturated heterocycles. The Kier molecular flexibility index (Phi) is 5.92. The van der Waals surface area contributed by atoms with Crippen molar-refractivity contribution < 1.29 is 31.5 Å². The zero-order valence-corrected chi connectivity index (χ0v) is 12.8. The molecule has 0 bridgehead atoms. The summed E-state index contributed by atoms with van der Waals surface area (Å²) in [5, 5.41) is 8.80. The molecule has 0 saturated carbocycles. The lowest BCUT2D eigenvalue weighted by Crippen LogP contribution is -2.52. The van der Waals surface area contributed by atoms with Crippen LogP contribution in [0.15, 0.2) is 0 Å². The maximum atomic E-state index is 12.1. The SMILES string of the molecule is COCCCS(=O)(=O)N1CCS(=O)(=O)CC1CC(=O)O. The number of carboxylic acid groups (broad SMARTS) is 1. The van der Waals surface area contributed by atoms with E-state index in [-0.39, 0.29) is 31.1 Å². The molecule has 1 rings (SSSR count). The highest BCUT2D eigenvalue weighted by molar-refractivity contribution is 7.92. The summed E-state index contributed by atoms with van der Waals surface area (Å²) in [4.78, 5) is 10.8. The third kappa shape index (κ3) is 5.00. The molecule has 1 aliphatic rings. The first-order valence-electron chi connectivity index (χ1n) is 6.08. The second-order valence-electron chi connectivity index (χ2n) is 4.64. The quantitative estimate of drug-likeness (QED) is 0.591. The van der Waals surface area contributed by atoms with Crippen LogP contribution >= 0.6 is 0 Å². The lowest BCUT2D eigenvalue weighted by atomic mass is 10.2. The van der Waals surface area contributed by atoms with Crippen molar-refractivity contribution in [1.82, 2.24) is 4.31 Å². The number of rotatable bonds is 7. The van der Waals surface area contributed by atoms with E-state index in [4.69, 9.17) is 9.84 Å². The van der Waals surface area contributed by atoms with Crippen LogP contribution in [0.25, 0.3) is 0 Å². The van der Waals surface area contributed by atoms with Gasteiger partial charge in [0.15, 0.2) is 9.84 Å². The van der Waals surface area contributed by atoms with Crippen LogP contribution in [0.1, 0.15) is 12.8 Å². The third-order valence-corrected chi connectivity index (χ3v) is 6.69. The molecule has 1 fully saturated rings. The Bertz CT molecular complexity index is 540. The summed E-state index contributed by atoms with van der Waals surface area (Å²) < 4.78 is 53.2. The average Bonchev–Trinajstić information content (AvgIpc) is 2.26. The van der Waals surface area contributed by atoms with E-state index >= 15 is 0 Å². The maximum Gasteiger partial charge on any atom is 0.305 e. The molecule has 1 unspecified atom stereocenters. The third-order valence-electron chi connectivity index (χ3n) is 2.99. The van der Waals surface area contributed by atoms with Gasteiger partial charge < -0.3 is 9.84 Å². The molecule has 0 aromatic rings. The van der Waals surface area contributed by atoms with Gasteiger partial charge in [0.05, 0.1) is 23.7 Å². The minimum Gasteiger partial charge on any atom is -0.481 e. The van der Waals surface area contributed by atoms with Crippen molar-refractivity contribution in [1.29, 1.82) is 0 Å². The predicted octanol–water partition coefficient (Wildman–Crippen LogP) is -1.07. The topological polar surface area (TPSA) is 118 Å². The maximum absolute atomic E-state index is 12.1. The monoisotopic (exact) mass is 329 g/mol. The molecular weight excluding hydrogens is 310 g/mol. The van der Waals surface area contributed by atoms with Gasteiger partial charge in [-0.05, 0) is 6.42 Å². The van der Waals surface area contributed by atoms with Crippen LogP contribution in [0.2, 0.25) is 0 Å². The number of nitrogens with zero attached hydrogens (tertiary/aromatic N) is 1. The number of hydrogen-bond donors (Lipinski definition) is 1. The number of sulfone groups is 1. The van der Waals surface area contributed by atoms with Crippen LogP contribution in [-0.2, 0) is 29.4 Å². The number of hydrogen-bond acceptors (Lipinski definition) is 6. The largest absolute Gasteiger partial charge is 0.481 e. The minimum absolute atomic E-state index is 0.184. The van der Waals surface area contributed by atoms with E-state index in [1.54, 1.807) is 0 Å². The number of methoxy groups -OCH3 is 1. The zero-order chi connectivity index (χ0) is 15.4. The van der Waals surface area contributed by atoms with Gasteiger partial charge in [-0.1, -0.05) is 0 Å². The lowest BCUT2D eigenvalue weighted by Gasteiger charge is -2.33. The van der Waals surface area contributed by atoms with Crippen LogP contribution in [0, 0.1) is 0 Å². The van der Waals surface area contributed by atoms with Gasteiger partial charge in [0.2, 0.25) is 10.0 Å². The number of ether oxygens (including phenoxy) is 1. The van der Waals surface area contributed by atoms with Gasteiger partial charge in [0.1, 0.15) is 0 Å². The van der Waals surface area contributed by atoms with E-state index in [2.05, 4.69) is 0 Å². The average molecular weight is 329 g/mol. The second kappa shape index (κ2) is 6.83. The number of carboxylic acids is 1. The number of carbonyl (C=O) groups is 1. The van der Waals surface area contributed by atoms with Crippen molar-refractivity contribution in [2.75, 3.05) is 37.5 Å². The normalized spacial score (nSPS) is 23.6. The number of sulfonamides is 1. The van der Waals surface area contributed by atoms with Crippen LogP contribution < -0.4 is 0 Å². The van der Waals surface area contributed by atoms with Crippen molar-refractivity contribution in [2.24, 2.45) is 0 Å². The summed E-state index contributed by atoms with van der Waals surface area (Å²) in [6.45, 7) is 0.0879. The molecule has 10 heteroatoms. The van der Waals surface area contributed by atoms with Crippen molar-refractivity contribution in [3.05, 3.63) is 0 Å². The Labute approximate surface area is 118 Å². The van der Waals surface area contributed by atoms with Gasteiger partial charge >= 0.3 is 5.97 Å². The van der Waals surface area contributed by atoms with Gasteiger partial charge in [-0.2, -0.15) is 4.31 Å². The molecule has 0 aliphatic carbocycles. The summed E-state index contributed by atoms with van der Waals surface area (Å²) in [6.07, 6.45) is -0.232. The van der Waals surface area contributed by atoms with Crippen molar-refractivity contribution in [2.45, 2.75) is 18.9 Å². The van der Waals surface area contributed by atoms with Gasteiger partial charge in [-0.15, -0.1) is 0 Å².